The van der Waals surface area contributed by atoms with E-state index in [2.05, 4.69) is 39.0 Å². The van der Waals surface area contributed by atoms with Crippen molar-refractivity contribution in [2.24, 2.45) is 12.8 Å². The van der Waals surface area contributed by atoms with Gasteiger partial charge in [0, 0.05) is 35.7 Å². The predicted octanol–water partition coefficient (Wildman–Crippen LogP) is 2.10. The van der Waals surface area contributed by atoms with Gasteiger partial charge in [0.05, 0.1) is 5.69 Å². The second-order valence-corrected chi connectivity index (χ2v) is 6.26. The van der Waals surface area contributed by atoms with Crippen LogP contribution in [0.25, 0.3) is 0 Å². The first-order chi connectivity index (χ1) is 7.27. The number of hydrogen-bond acceptors (Lipinski definition) is 2. The van der Waals surface area contributed by atoms with Gasteiger partial charge in [-0.25, -0.2) is 0 Å². The van der Waals surface area contributed by atoms with Crippen LogP contribution in [0.4, 0.5) is 0 Å². The molecule has 0 spiro atoms. The zero-order chi connectivity index (χ0) is 12.1. The minimum absolute atomic E-state index is 0.0983. The Morgan fingerprint density at radius 1 is 1.44 bits per heavy atom. The van der Waals surface area contributed by atoms with E-state index in [-0.39, 0.29) is 16.9 Å². The Hall–Kier alpha value is -0.830. The fraction of sp³-hybridized carbons (Fsp3) is 0.769. The third-order valence-corrected chi connectivity index (χ3v) is 3.74. The predicted molar refractivity (Wildman–Crippen MR) is 66.5 cm³/mol. The van der Waals surface area contributed by atoms with Crippen molar-refractivity contribution in [2.45, 2.75) is 57.4 Å². The van der Waals surface area contributed by atoms with Crippen LogP contribution in [0.1, 0.15) is 51.8 Å². The van der Waals surface area contributed by atoms with E-state index < -0.39 is 0 Å². The molecule has 0 amide bonds. The lowest BCUT2D eigenvalue weighted by Gasteiger charge is -2.24. The molecule has 0 aliphatic heterocycles. The molecule has 1 aromatic heterocycles. The van der Waals surface area contributed by atoms with Crippen LogP contribution in [0.5, 0.6) is 0 Å². The van der Waals surface area contributed by atoms with E-state index in [1.807, 2.05) is 11.7 Å². The maximum absolute atomic E-state index is 6.15. The van der Waals surface area contributed by atoms with Gasteiger partial charge in [0.25, 0.3) is 0 Å². The van der Waals surface area contributed by atoms with Gasteiger partial charge in [-0.1, -0.05) is 20.8 Å². The molecular weight excluding hydrogens is 198 g/mol. The maximum atomic E-state index is 6.15. The highest BCUT2D eigenvalue weighted by Crippen LogP contribution is 2.52. The van der Waals surface area contributed by atoms with E-state index in [1.54, 1.807) is 0 Å². The molecule has 1 heterocycles. The van der Waals surface area contributed by atoms with Gasteiger partial charge in [-0.2, -0.15) is 5.10 Å². The first-order valence-corrected chi connectivity index (χ1v) is 6.07. The monoisotopic (exact) mass is 221 g/mol. The van der Waals surface area contributed by atoms with E-state index in [0.29, 0.717) is 0 Å². The van der Waals surface area contributed by atoms with Crippen LogP contribution in [-0.4, -0.2) is 15.8 Å². The highest BCUT2D eigenvalue weighted by molar-refractivity contribution is 5.38. The average molecular weight is 221 g/mol. The highest BCUT2D eigenvalue weighted by atomic mass is 15.3. The first kappa shape index (κ1) is 11.6. The fourth-order valence-corrected chi connectivity index (χ4v) is 2.51. The third-order valence-electron chi connectivity index (χ3n) is 3.74. The summed E-state index contributed by atoms with van der Waals surface area (Å²) in [7, 11) is 2.00. The number of hydrogen-bond donors (Lipinski definition) is 1. The van der Waals surface area contributed by atoms with E-state index >= 15 is 0 Å². The lowest BCUT2D eigenvalue weighted by molar-refractivity contribution is 0.511. The number of nitrogens with two attached hydrogens (primary N) is 1. The van der Waals surface area contributed by atoms with Crippen LogP contribution in [0.3, 0.4) is 0 Å². The van der Waals surface area contributed by atoms with E-state index in [9.17, 15) is 0 Å². The van der Waals surface area contributed by atoms with Gasteiger partial charge in [-0.15, -0.1) is 0 Å². The molecule has 1 aliphatic rings. The van der Waals surface area contributed by atoms with Gasteiger partial charge < -0.3 is 5.73 Å². The SMILES string of the molecule is CC(N)C1(c2cn(C)nc2C(C)(C)C)CC1. The Morgan fingerprint density at radius 2 is 2.00 bits per heavy atom. The molecule has 1 unspecified atom stereocenters. The summed E-state index contributed by atoms with van der Waals surface area (Å²) in [5.41, 5.74) is 9.04. The number of aryl methyl sites for hydroxylation is 1. The van der Waals surface area contributed by atoms with Crippen molar-refractivity contribution in [3.63, 3.8) is 0 Å². The van der Waals surface area contributed by atoms with Crippen molar-refractivity contribution < 1.29 is 0 Å². The molecule has 0 aromatic carbocycles. The molecular formula is C13H23N3. The van der Waals surface area contributed by atoms with Gasteiger partial charge in [0.1, 0.15) is 0 Å². The van der Waals surface area contributed by atoms with Gasteiger partial charge in [0.2, 0.25) is 0 Å². The minimum Gasteiger partial charge on any atom is -0.327 e. The molecule has 3 heteroatoms. The molecule has 16 heavy (non-hydrogen) atoms. The molecule has 1 aliphatic carbocycles. The molecule has 0 radical (unpaired) electrons. The van der Waals surface area contributed by atoms with Gasteiger partial charge in [-0.05, 0) is 19.8 Å². The molecule has 2 rings (SSSR count). The molecule has 1 atom stereocenters. The van der Waals surface area contributed by atoms with Gasteiger partial charge >= 0.3 is 0 Å². The van der Waals surface area contributed by atoms with Crippen molar-refractivity contribution in [1.82, 2.24) is 9.78 Å². The summed E-state index contributed by atoms with van der Waals surface area (Å²) in [6.45, 7) is 8.77. The summed E-state index contributed by atoms with van der Waals surface area (Å²) in [6.07, 6.45) is 4.58. The van der Waals surface area contributed by atoms with Crippen molar-refractivity contribution in [3.8, 4) is 0 Å². The Bertz CT molecular complexity index is 392. The third kappa shape index (κ3) is 1.67. The molecule has 0 saturated heterocycles. The Balaban J connectivity index is 2.50. The van der Waals surface area contributed by atoms with Crippen LogP contribution in [0.2, 0.25) is 0 Å². The lowest BCUT2D eigenvalue weighted by Crippen LogP contribution is -2.33. The number of aromatic nitrogens is 2. The van der Waals surface area contributed by atoms with Gasteiger partial charge in [0.15, 0.2) is 0 Å². The number of rotatable bonds is 2. The van der Waals surface area contributed by atoms with Gasteiger partial charge in [-0.3, -0.25) is 4.68 Å². The summed E-state index contributed by atoms with van der Waals surface area (Å²) in [4.78, 5) is 0. The van der Waals surface area contributed by atoms with Crippen LogP contribution in [-0.2, 0) is 17.9 Å². The molecule has 1 aromatic rings. The Labute approximate surface area is 98.0 Å². The summed E-state index contributed by atoms with van der Waals surface area (Å²) in [5.74, 6) is 0. The van der Waals surface area contributed by atoms with Crippen molar-refractivity contribution in [2.75, 3.05) is 0 Å². The zero-order valence-electron chi connectivity index (χ0n) is 11.0. The average Bonchev–Trinajstić information content (AvgIpc) is 2.83. The molecule has 0 bridgehead atoms. The summed E-state index contributed by atoms with van der Waals surface area (Å²) < 4.78 is 1.93. The summed E-state index contributed by atoms with van der Waals surface area (Å²) in [6, 6.07) is 0.220. The molecule has 1 saturated carbocycles. The molecule has 90 valence electrons. The molecule has 2 N–H and O–H groups in total. The van der Waals surface area contributed by atoms with E-state index in [4.69, 9.17) is 5.73 Å². The van der Waals surface area contributed by atoms with Crippen LogP contribution in [0, 0.1) is 0 Å². The minimum atomic E-state index is 0.0983. The summed E-state index contributed by atoms with van der Waals surface area (Å²) in [5, 5.41) is 4.63. The highest BCUT2D eigenvalue weighted by Gasteiger charge is 2.50. The molecule has 3 nitrogen and oxygen atoms in total. The largest absolute Gasteiger partial charge is 0.327 e. The smallest absolute Gasteiger partial charge is 0.0716 e. The van der Waals surface area contributed by atoms with E-state index in [0.717, 1.165) is 0 Å². The number of nitrogens with zero attached hydrogens (tertiary/aromatic N) is 2. The molecule has 1 fully saturated rings. The maximum Gasteiger partial charge on any atom is 0.0716 e. The lowest BCUT2D eigenvalue weighted by atomic mass is 9.81. The normalized spacial score (nSPS) is 20.9. The van der Waals surface area contributed by atoms with Crippen molar-refractivity contribution in [1.29, 1.82) is 0 Å². The van der Waals surface area contributed by atoms with Crippen LogP contribution >= 0.6 is 0 Å². The second-order valence-electron chi connectivity index (χ2n) is 6.26. The van der Waals surface area contributed by atoms with Crippen LogP contribution in [0.15, 0.2) is 6.20 Å². The van der Waals surface area contributed by atoms with Crippen LogP contribution < -0.4 is 5.73 Å². The first-order valence-electron chi connectivity index (χ1n) is 6.07. The van der Waals surface area contributed by atoms with Crippen molar-refractivity contribution >= 4 is 0 Å². The topological polar surface area (TPSA) is 43.8 Å². The Morgan fingerprint density at radius 3 is 2.38 bits per heavy atom. The summed E-state index contributed by atoms with van der Waals surface area (Å²) >= 11 is 0. The standard InChI is InChI=1S/C13H23N3/c1-9(14)13(6-7-13)10-8-16(5)15-11(10)12(2,3)4/h8-9H,6-7,14H2,1-5H3. The fourth-order valence-electron chi connectivity index (χ4n) is 2.51. The second kappa shape index (κ2) is 3.33. The van der Waals surface area contributed by atoms with Crippen molar-refractivity contribution in [3.05, 3.63) is 17.5 Å². The van der Waals surface area contributed by atoms with E-state index in [1.165, 1.54) is 24.1 Å². The Kier molecular flexibility index (Phi) is 2.42. The zero-order valence-corrected chi connectivity index (χ0v) is 11.0. The quantitative estimate of drug-likeness (QED) is 0.831.